The lowest BCUT2D eigenvalue weighted by Gasteiger charge is -2.37. The van der Waals surface area contributed by atoms with Gasteiger partial charge in [0.15, 0.2) is 12.4 Å². The molecule has 2 amide bonds. The summed E-state index contributed by atoms with van der Waals surface area (Å²) < 4.78 is 6.26. The summed E-state index contributed by atoms with van der Waals surface area (Å²) in [6.07, 6.45) is 5.44. The normalized spacial score (nSPS) is 30.6. The van der Waals surface area contributed by atoms with E-state index in [9.17, 15) is 19.2 Å². The Morgan fingerprint density at radius 3 is 2.11 bits per heavy atom. The number of Topliss-reactive ketones (excluding diaryl/α,β-unsaturated/α-hetero) is 1. The molecule has 7 heteroatoms. The Morgan fingerprint density at radius 1 is 0.914 bits per heavy atom. The molecule has 0 aromatic heterocycles. The van der Waals surface area contributed by atoms with Crippen LogP contribution in [0.5, 0.6) is 0 Å². The highest BCUT2D eigenvalue weighted by Gasteiger charge is 2.68. The van der Waals surface area contributed by atoms with E-state index in [1.807, 2.05) is 30.3 Å². The molecule has 0 radical (unpaired) electrons. The number of amides is 2. The lowest BCUT2D eigenvalue weighted by molar-refractivity contribution is -0.158. The number of rotatable bonds is 7. The minimum absolute atomic E-state index is 0.0730. The first-order chi connectivity index (χ1) is 16.9. The second-order valence-electron chi connectivity index (χ2n) is 9.94. The maximum atomic E-state index is 13.6. The molecule has 7 rings (SSSR count). The first kappa shape index (κ1) is 22.4. The van der Waals surface area contributed by atoms with Crippen LogP contribution in [-0.4, -0.2) is 41.1 Å². The Morgan fingerprint density at radius 2 is 1.51 bits per heavy atom. The molecule has 0 N–H and O–H groups in total. The summed E-state index contributed by atoms with van der Waals surface area (Å²) in [6, 6.07) is 14.9. The van der Waals surface area contributed by atoms with Crippen LogP contribution in [0.3, 0.4) is 0 Å². The zero-order valence-corrected chi connectivity index (χ0v) is 20.5. The molecule has 6 nitrogen and oxygen atoms in total. The summed E-state index contributed by atoms with van der Waals surface area (Å²) >= 11 is 3.33. The van der Waals surface area contributed by atoms with E-state index in [4.69, 9.17) is 4.74 Å². The van der Waals surface area contributed by atoms with Crippen LogP contribution in [0, 0.1) is 35.5 Å². The average Bonchev–Trinajstić information content (AvgIpc) is 3.65. The van der Waals surface area contributed by atoms with E-state index in [1.165, 1.54) is 0 Å². The molecule has 0 unspecified atom stereocenters. The number of halogens is 1. The maximum Gasteiger partial charge on any atom is 0.330 e. The average molecular weight is 534 g/mol. The largest absolute Gasteiger partial charge is 0.456 e. The van der Waals surface area contributed by atoms with Gasteiger partial charge in [0, 0.05) is 16.5 Å². The van der Waals surface area contributed by atoms with Crippen molar-refractivity contribution in [2.75, 3.05) is 6.61 Å². The van der Waals surface area contributed by atoms with Crippen LogP contribution in [0.4, 0.5) is 0 Å². The van der Waals surface area contributed by atoms with Crippen molar-refractivity contribution in [2.24, 2.45) is 35.5 Å². The Balaban J connectivity index is 1.25. The number of esters is 1. The Hall–Kier alpha value is -3.06. The van der Waals surface area contributed by atoms with Gasteiger partial charge in [0.05, 0.1) is 11.8 Å². The third kappa shape index (κ3) is 3.77. The third-order valence-corrected chi connectivity index (χ3v) is 8.59. The van der Waals surface area contributed by atoms with Gasteiger partial charge in [-0.3, -0.25) is 19.3 Å². The van der Waals surface area contributed by atoms with Gasteiger partial charge in [-0.15, -0.1) is 0 Å². The van der Waals surface area contributed by atoms with Crippen molar-refractivity contribution < 1.29 is 23.9 Å². The standard InChI is InChI=1S/C28H24BrNO5/c29-17-8-6-16(7-9-17)23(31)14-35-28(34)22(12-15-4-2-1-3-5-15)30-26(32)24-18-10-11-19(21-13-20(18)21)25(24)27(30)33/h1-11,18-22,24-25H,12-14H2/t18-,19-,20-,21-,22-,24+,25+/m1/s1. The van der Waals surface area contributed by atoms with Crippen LogP contribution in [0.2, 0.25) is 0 Å². The van der Waals surface area contributed by atoms with Gasteiger partial charge in [0.2, 0.25) is 11.8 Å². The Bertz CT molecular complexity index is 1200. The lowest BCUT2D eigenvalue weighted by atomic mass is 9.63. The fraction of sp³-hybridized carbons (Fsp3) is 0.357. The van der Waals surface area contributed by atoms with Gasteiger partial charge in [0.25, 0.3) is 0 Å². The summed E-state index contributed by atoms with van der Waals surface area (Å²) in [6.45, 7) is -0.453. The van der Waals surface area contributed by atoms with E-state index in [0.29, 0.717) is 17.4 Å². The molecule has 1 heterocycles. The molecule has 2 saturated carbocycles. The second-order valence-corrected chi connectivity index (χ2v) is 10.9. The number of nitrogens with zero attached hydrogens (tertiary/aromatic N) is 1. The summed E-state index contributed by atoms with van der Waals surface area (Å²) in [5, 5.41) is 0. The molecule has 2 aromatic rings. The fourth-order valence-electron chi connectivity index (χ4n) is 6.36. The van der Waals surface area contributed by atoms with E-state index in [1.54, 1.807) is 24.3 Å². The molecule has 1 aliphatic heterocycles. The summed E-state index contributed by atoms with van der Waals surface area (Å²) in [5.41, 5.74) is 1.23. The molecular formula is C28H24BrNO5. The van der Waals surface area contributed by atoms with Crippen molar-refractivity contribution in [3.8, 4) is 0 Å². The fourth-order valence-corrected chi connectivity index (χ4v) is 6.62. The zero-order valence-electron chi connectivity index (χ0n) is 18.9. The van der Waals surface area contributed by atoms with Crippen LogP contribution in [0.25, 0.3) is 0 Å². The topological polar surface area (TPSA) is 80.8 Å². The second kappa shape index (κ2) is 8.55. The molecule has 178 valence electrons. The van der Waals surface area contributed by atoms with Gasteiger partial charge in [-0.1, -0.05) is 70.5 Å². The van der Waals surface area contributed by atoms with E-state index < -0.39 is 30.5 Å². The number of likely N-dealkylation sites (tertiary alicyclic amines) is 1. The Kier molecular flexibility index (Phi) is 5.48. The van der Waals surface area contributed by atoms with Gasteiger partial charge >= 0.3 is 5.97 Å². The number of hydrogen-bond donors (Lipinski definition) is 0. The summed E-state index contributed by atoms with van der Waals surface area (Å²) in [4.78, 5) is 54.3. The molecule has 0 spiro atoms. The monoisotopic (exact) mass is 533 g/mol. The third-order valence-electron chi connectivity index (χ3n) is 8.06. The first-order valence-electron chi connectivity index (χ1n) is 12.0. The number of ether oxygens (including phenoxy) is 1. The molecule has 4 aliphatic carbocycles. The summed E-state index contributed by atoms with van der Waals surface area (Å²) in [5.74, 6) is -1.31. The minimum Gasteiger partial charge on any atom is -0.456 e. The number of ketones is 1. The first-order valence-corrected chi connectivity index (χ1v) is 12.8. The SMILES string of the molecule is O=C(COC(=O)[C@@H](Cc1ccccc1)N1C(=O)[C@H]2[C@@H]3C=C[C@H]([C@H]4C[C@H]34)[C@@H]2C1=O)c1ccc(Br)cc1. The predicted octanol–water partition coefficient (Wildman–Crippen LogP) is 3.84. The smallest absolute Gasteiger partial charge is 0.330 e. The van der Waals surface area contributed by atoms with Crippen LogP contribution < -0.4 is 0 Å². The van der Waals surface area contributed by atoms with Crippen LogP contribution in [-0.2, 0) is 25.5 Å². The molecule has 5 aliphatic rings. The van der Waals surface area contributed by atoms with Crippen LogP contribution >= 0.6 is 15.9 Å². The molecule has 35 heavy (non-hydrogen) atoms. The summed E-state index contributed by atoms with van der Waals surface area (Å²) in [7, 11) is 0. The van der Waals surface area contributed by atoms with Gasteiger partial charge < -0.3 is 4.74 Å². The van der Waals surface area contributed by atoms with Gasteiger partial charge in [-0.2, -0.15) is 0 Å². The lowest BCUT2D eigenvalue weighted by Crippen LogP contribution is -2.48. The van der Waals surface area contributed by atoms with Gasteiger partial charge in [-0.05, 0) is 47.8 Å². The maximum absolute atomic E-state index is 13.6. The van der Waals surface area contributed by atoms with Crippen molar-refractivity contribution in [1.29, 1.82) is 0 Å². The zero-order chi connectivity index (χ0) is 24.3. The minimum atomic E-state index is -1.10. The quantitative estimate of drug-likeness (QED) is 0.234. The highest BCUT2D eigenvalue weighted by atomic mass is 79.9. The van der Waals surface area contributed by atoms with E-state index >= 15 is 0 Å². The van der Waals surface area contributed by atoms with Gasteiger partial charge in [-0.25, -0.2) is 4.79 Å². The number of carbonyl (C=O) groups excluding carboxylic acids is 4. The van der Waals surface area contributed by atoms with E-state index in [2.05, 4.69) is 28.1 Å². The van der Waals surface area contributed by atoms with Crippen molar-refractivity contribution in [3.63, 3.8) is 0 Å². The molecule has 1 saturated heterocycles. The van der Waals surface area contributed by atoms with Crippen LogP contribution in [0.1, 0.15) is 22.3 Å². The molecular weight excluding hydrogens is 510 g/mol. The number of carbonyl (C=O) groups is 4. The number of benzene rings is 2. The Labute approximate surface area is 211 Å². The molecule has 7 atom stereocenters. The molecule has 3 fully saturated rings. The number of hydrogen-bond acceptors (Lipinski definition) is 5. The number of imide groups is 1. The van der Waals surface area contributed by atoms with Crippen LogP contribution in [0.15, 0.2) is 71.2 Å². The van der Waals surface area contributed by atoms with Gasteiger partial charge in [0.1, 0.15) is 6.04 Å². The van der Waals surface area contributed by atoms with E-state index in [0.717, 1.165) is 21.4 Å². The molecule has 2 aromatic carbocycles. The van der Waals surface area contributed by atoms with E-state index in [-0.39, 0.29) is 35.9 Å². The number of allylic oxidation sites excluding steroid dienone is 2. The highest BCUT2D eigenvalue weighted by molar-refractivity contribution is 9.10. The molecule has 2 bridgehead atoms. The van der Waals surface area contributed by atoms with Crippen molar-refractivity contribution in [3.05, 3.63) is 82.3 Å². The van der Waals surface area contributed by atoms with Crippen molar-refractivity contribution in [1.82, 2.24) is 4.90 Å². The highest BCUT2D eigenvalue weighted by Crippen LogP contribution is 2.65. The predicted molar refractivity (Wildman–Crippen MR) is 130 cm³/mol. The van der Waals surface area contributed by atoms with Crippen molar-refractivity contribution >= 4 is 39.5 Å². The van der Waals surface area contributed by atoms with Crippen molar-refractivity contribution in [2.45, 2.75) is 18.9 Å².